The van der Waals surface area contributed by atoms with E-state index >= 15 is 0 Å². The fourth-order valence-electron chi connectivity index (χ4n) is 2.39. The van der Waals surface area contributed by atoms with Crippen molar-refractivity contribution in [2.75, 3.05) is 6.54 Å². The highest BCUT2D eigenvalue weighted by atomic mass is 35.5. The van der Waals surface area contributed by atoms with Crippen LogP contribution in [0.25, 0.3) is 0 Å². The van der Waals surface area contributed by atoms with E-state index in [-0.39, 0.29) is 11.8 Å². The van der Waals surface area contributed by atoms with Crippen molar-refractivity contribution in [2.24, 2.45) is 0 Å². The minimum absolute atomic E-state index is 0.107. The maximum atomic E-state index is 12.6. The molecule has 0 aromatic heterocycles. The third kappa shape index (κ3) is 4.16. The number of hydrogen-bond acceptors (Lipinski definition) is 2. The predicted octanol–water partition coefficient (Wildman–Crippen LogP) is 4.43. The molecule has 0 amide bonds. The Labute approximate surface area is 131 Å². The fraction of sp³-hybridized carbons (Fsp3) is 0.278. The molecule has 110 valence electrons. The summed E-state index contributed by atoms with van der Waals surface area (Å²) in [5.74, 6) is 0.107. The van der Waals surface area contributed by atoms with E-state index in [1.165, 1.54) is 5.56 Å². The number of hydrogen-bond donors (Lipinski definition) is 0. The number of carbonyl (C=O) groups excluding carboxylic acids is 1. The van der Waals surface area contributed by atoms with Gasteiger partial charge in [0.2, 0.25) is 0 Å². The smallest absolute Gasteiger partial charge is 0.179 e. The maximum absolute atomic E-state index is 12.6. The third-order valence-electron chi connectivity index (χ3n) is 3.67. The molecule has 0 spiro atoms. The first-order chi connectivity index (χ1) is 10.1. The second-order valence-electron chi connectivity index (χ2n) is 5.10. The Kier molecular flexibility index (Phi) is 5.54. The second-order valence-corrected chi connectivity index (χ2v) is 5.54. The van der Waals surface area contributed by atoms with Gasteiger partial charge in [0.05, 0.1) is 6.04 Å². The van der Waals surface area contributed by atoms with E-state index in [9.17, 15) is 4.79 Å². The van der Waals surface area contributed by atoms with Crippen LogP contribution in [0, 0.1) is 0 Å². The molecule has 0 saturated carbocycles. The Morgan fingerprint density at radius 2 is 1.86 bits per heavy atom. The molecule has 0 aliphatic carbocycles. The van der Waals surface area contributed by atoms with Crippen LogP contribution in [0.2, 0.25) is 5.02 Å². The fourth-order valence-corrected chi connectivity index (χ4v) is 2.58. The standard InChI is InChI=1S/C18H20ClNO/c1-3-20(13-15-8-5-4-6-9-15)14(2)18(21)16-10-7-11-17(19)12-16/h4-12,14H,3,13H2,1-2H3. The summed E-state index contributed by atoms with van der Waals surface area (Å²) >= 11 is 5.97. The van der Waals surface area contributed by atoms with E-state index in [2.05, 4.69) is 24.0 Å². The number of Topliss-reactive ketones (excluding diaryl/α,β-unsaturated/α-hetero) is 1. The number of rotatable bonds is 6. The number of benzene rings is 2. The van der Waals surface area contributed by atoms with Crippen LogP contribution in [0.4, 0.5) is 0 Å². The van der Waals surface area contributed by atoms with E-state index in [4.69, 9.17) is 11.6 Å². The van der Waals surface area contributed by atoms with Gasteiger partial charge in [-0.3, -0.25) is 9.69 Å². The van der Waals surface area contributed by atoms with Crippen molar-refractivity contribution in [3.8, 4) is 0 Å². The molecule has 0 bridgehead atoms. The van der Waals surface area contributed by atoms with Gasteiger partial charge in [-0.1, -0.05) is 61.0 Å². The summed E-state index contributed by atoms with van der Waals surface area (Å²) in [7, 11) is 0. The van der Waals surface area contributed by atoms with Gasteiger partial charge in [0, 0.05) is 17.1 Å². The molecule has 0 radical (unpaired) electrons. The first-order valence-electron chi connectivity index (χ1n) is 7.19. The molecule has 0 saturated heterocycles. The second kappa shape index (κ2) is 7.39. The highest BCUT2D eigenvalue weighted by Crippen LogP contribution is 2.16. The van der Waals surface area contributed by atoms with Crippen molar-refractivity contribution in [2.45, 2.75) is 26.4 Å². The Hall–Kier alpha value is -1.64. The Bertz CT molecular complexity index is 597. The number of nitrogens with zero attached hydrogens (tertiary/aromatic N) is 1. The van der Waals surface area contributed by atoms with Gasteiger partial charge in [-0.15, -0.1) is 0 Å². The first kappa shape index (κ1) is 15.7. The largest absolute Gasteiger partial charge is 0.292 e. The zero-order chi connectivity index (χ0) is 15.2. The van der Waals surface area contributed by atoms with Crippen LogP contribution < -0.4 is 0 Å². The molecule has 0 aliphatic rings. The summed E-state index contributed by atoms with van der Waals surface area (Å²) in [6.45, 7) is 5.62. The average molecular weight is 302 g/mol. The van der Waals surface area contributed by atoms with Crippen LogP contribution in [-0.4, -0.2) is 23.3 Å². The Balaban J connectivity index is 2.12. The highest BCUT2D eigenvalue weighted by molar-refractivity contribution is 6.31. The summed E-state index contributed by atoms with van der Waals surface area (Å²) in [6.07, 6.45) is 0. The van der Waals surface area contributed by atoms with Crippen molar-refractivity contribution >= 4 is 17.4 Å². The lowest BCUT2D eigenvalue weighted by Gasteiger charge is -2.27. The van der Waals surface area contributed by atoms with Gasteiger partial charge in [-0.2, -0.15) is 0 Å². The van der Waals surface area contributed by atoms with Crippen molar-refractivity contribution in [1.82, 2.24) is 4.90 Å². The minimum atomic E-state index is -0.173. The Morgan fingerprint density at radius 3 is 2.48 bits per heavy atom. The molecule has 2 nitrogen and oxygen atoms in total. The molecule has 21 heavy (non-hydrogen) atoms. The molecule has 2 aromatic carbocycles. The van der Waals surface area contributed by atoms with Gasteiger partial charge in [0.25, 0.3) is 0 Å². The van der Waals surface area contributed by atoms with Gasteiger partial charge in [0.1, 0.15) is 0 Å². The van der Waals surface area contributed by atoms with Gasteiger partial charge in [-0.25, -0.2) is 0 Å². The van der Waals surface area contributed by atoms with Crippen LogP contribution in [0.3, 0.4) is 0 Å². The van der Waals surface area contributed by atoms with Crippen LogP contribution in [0.5, 0.6) is 0 Å². The van der Waals surface area contributed by atoms with Crippen LogP contribution in [0.15, 0.2) is 54.6 Å². The summed E-state index contributed by atoms with van der Waals surface area (Å²) in [5.41, 5.74) is 1.88. The van der Waals surface area contributed by atoms with Crippen LogP contribution in [0.1, 0.15) is 29.8 Å². The van der Waals surface area contributed by atoms with E-state index in [0.29, 0.717) is 10.6 Å². The molecular weight excluding hydrogens is 282 g/mol. The molecular formula is C18H20ClNO. The lowest BCUT2D eigenvalue weighted by molar-refractivity contribution is 0.0835. The van der Waals surface area contributed by atoms with Crippen LogP contribution >= 0.6 is 11.6 Å². The van der Waals surface area contributed by atoms with Crippen molar-refractivity contribution < 1.29 is 4.79 Å². The number of halogens is 1. The predicted molar refractivity (Wildman–Crippen MR) is 87.8 cm³/mol. The zero-order valence-corrected chi connectivity index (χ0v) is 13.2. The van der Waals surface area contributed by atoms with Gasteiger partial charge in [0.15, 0.2) is 5.78 Å². The van der Waals surface area contributed by atoms with Crippen molar-refractivity contribution in [3.63, 3.8) is 0 Å². The van der Waals surface area contributed by atoms with E-state index in [1.807, 2.05) is 37.3 Å². The normalized spacial score (nSPS) is 12.4. The van der Waals surface area contributed by atoms with E-state index in [1.54, 1.807) is 12.1 Å². The quantitative estimate of drug-likeness (QED) is 0.736. The molecule has 2 aromatic rings. The monoisotopic (exact) mass is 301 g/mol. The summed E-state index contributed by atoms with van der Waals surface area (Å²) < 4.78 is 0. The molecule has 1 unspecified atom stereocenters. The SMILES string of the molecule is CCN(Cc1ccccc1)C(C)C(=O)c1cccc(Cl)c1. The number of ketones is 1. The highest BCUT2D eigenvalue weighted by Gasteiger charge is 2.21. The molecule has 0 aliphatic heterocycles. The van der Waals surface area contributed by atoms with Crippen LogP contribution in [-0.2, 0) is 6.54 Å². The summed E-state index contributed by atoms with van der Waals surface area (Å²) in [4.78, 5) is 14.8. The van der Waals surface area contributed by atoms with Gasteiger partial charge < -0.3 is 0 Å². The lowest BCUT2D eigenvalue weighted by Crippen LogP contribution is -2.38. The van der Waals surface area contributed by atoms with Gasteiger partial charge in [-0.05, 0) is 31.2 Å². The average Bonchev–Trinajstić information content (AvgIpc) is 2.52. The summed E-state index contributed by atoms with van der Waals surface area (Å²) in [5, 5.41) is 0.596. The Morgan fingerprint density at radius 1 is 1.14 bits per heavy atom. The molecule has 0 N–H and O–H groups in total. The van der Waals surface area contributed by atoms with Gasteiger partial charge >= 0.3 is 0 Å². The lowest BCUT2D eigenvalue weighted by atomic mass is 10.0. The maximum Gasteiger partial charge on any atom is 0.179 e. The molecule has 0 heterocycles. The first-order valence-corrected chi connectivity index (χ1v) is 7.57. The number of likely N-dealkylation sites (N-methyl/N-ethyl adjacent to an activating group) is 1. The topological polar surface area (TPSA) is 20.3 Å². The molecule has 2 rings (SSSR count). The third-order valence-corrected chi connectivity index (χ3v) is 3.91. The van der Waals surface area contributed by atoms with Crippen molar-refractivity contribution in [1.29, 1.82) is 0 Å². The van der Waals surface area contributed by atoms with Crippen molar-refractivity contribution in [3.05, 3.63) is 70.7 Å². The van der Waals surface area contributed by atoms with E-state index in [0.717, 1.165) is 13.1 Å². The summed E-state index contributed by atoms with van der Waals surface area (Å²) in [6, 6.07) is 17.2. The van der Waals surface area contributed by atoms with E-state index < -0.39 is 0 Å². The minimum Gasteiger partial charge on any atom is -0.292 e. The molecule has 3 heteroatoms. The number of carbonyl (C=O) groups is 1. The molecule has 0 fully saturated rings. The zero-order valence-electron chi connectivity index (χ0n) is 12.4. The molecule has 1 atom stereocenters.